The second-order valence-corrected chi connectivity index (χ2v) is 9.32. The summed E-state index contributed by atoms with van der Waals surface area (Å²) in [5.74, 6) is 1.05. The second-order valence-electron chi connectivity index (χ2n) is 8.38. The highest BCUT2D eigenvalue weighted by atomic mass is 32.2. The van der Waals surface area contributed by atoms with Crippen LogP contribution in [0.1, 0.15) is 66.1 Å². The van der Waals surface area contributed by atoms with E-state index in [4.69, 9.17) is 4.74 Å². The molecule has 0 unspecified atom stereocenters. The van der Waals surface area contributed by atoms with Gasteiger partial charge < -0.3 is 10.1 Å². The number of carbonyl (C=O) groups is 1. The van der Waals surface area contributed by atoms with Crippen LogP contribution in [-0.2, 0) is 5.75 Å². The largest absolute Gasteiger partial charge is 0.497 e. The first-order chi connectivity index (χ1) is 16.0. The van der Waals surface area contributed by atoms with Crippen molar-refractivity contribution in [2.45, 2.75) is 69.3 Å². The molecular formula is C24H30N6O2S. The van der Waals surface area contributed by atoms with Crippen molar-refractivity contribution in [1.82, 2.24) is 30.3 Å². The Bertz CT molecular complexity index is 1070. The van der Waals surface area contributed by atoms with Crippen LogP contribution in [-0.4, -0.2) is 44.0 Å². The van der Waals surface area contributed by atoms with Gasteiger partial charge in [-0.1, -0.05) is 42.7 Å². The molecule has 33 heavy (non-hydrogen) atoms. The number of hydrogen-bond acceptors (Lipinski definition) is 7. The molecule has 4 rings (SSSR count). The maximum Gasteiger partial charge on any atom is 0.274 e. The number of ether oxygens (including phenoxy) is 1. The number of amides is 1. The monoisotopic (exact) mass is 466 g/mol. The van der Waals surface area contributed by atoms with E-state index in [1.807, 2.05) is 44.2 Å². The van der Waals surface area contributed by atoms with Crippen molar-refractivity contribution in [2.24, 2.45) is 0 Å². The van der Waals surface area contributed by atoms with Gasteiger partial charge in [0, 0.05) is 23.2 Å². The number of aryl methyl sites for hydroxylation is 2. The molecule has 0 atom stereocenters. The van der Waals surface area contributed by atoms with Crippen LogP contribution in [0, 0.1) is 13.8 Å². The van der Waals surface area contributed by atoms with Gasteiger partial charge in [-0.05, 0) is 57.0 Å². The highest BCUT2D eigenvalue weighted by molar-refractivity contribution is 7.98. The van der Waals surface area contributed by atoms with E-state index in [1.54, 1.807) is 11.8 Å². The molecule has 2 aromatic heterocycles. The Balaban J connectivity index is 1.61. The fourth-order valence-electron chi connectivity index (χ4n) is 4.11. The van der Waals surface area contributed by atoms with Crippen LogP contribution in [0.5, 0.6) is 5.75 Å². The van der Waals surface area contributed by atoms with Crippen molar-refractivity contribution in [3.05, 3.63) is 53.1 Å². The quantitative estimate of drug-likeness (QED) is 0.313. The van der Waals surface area contributed by atoms with Crippen LogP contribution in [0.15, 0.2) is 35.5 Å². The van der Waals surface area contributed by atoms with E-state index in [1.165, 1.54) is 24.6 Å². The lowest BCUT2D eigenvalue weighted by Crippen LogP contribution is -2.35. The molecule has 3 aromatic rings. The molecule has 1 aromatic carbocycles. The predicted molar refractivity (Wildman–Crippen MR) is 128 cm³/mol. The summed E-state index contributed by atoms with van der Waals surface area (Å²) >= 11 is 1.48. The topological polar surface area (TPSA) is 94.8 Å². The molecule has 0 saturated heterocycles. The molecule has 0 aliphatic heterocycles. The van der Waals surface area contributed by atoms with Crippen molar-refractivity contribution < 1.29 is 9.53 Å². The van der Waals surface area contributed by atoms with Gasteiger partial charge >= 0.3 is 0 Å². The molecule has 9 heteroatoms. The lowest BCUT2D eigenvalue weighted by Gasteiger charge is -2.16. The number of carbonyl (C=O) groups excluding carboxylic acids is 1. The molecule has 1 aliphatic carbocycles. The summed E-state index contributed by atoms with van der Waals surface area (Å²) in [4.78, 5) is 22.3. The summed E-state index contributed by atoms with van der Waals surface area (Å²) < 4.78 is 6.99. The second kappa shape index (κ2) is 10.8. The Hall–Kier alpha value is -2.94. The average Bonchev–Trinajstić information content (AvgIpc) is 3.06. The normalized spacial score (nSPS) is 14.6. The molecule has 0 radical (unpaired) electrons. The molecule has 174 valence electrons. The lowest BCUT2D eigenvalue weighted by atomic mass is 10.1. The van der Waals surface area contributed by atoms with Gasteiger partial charge in [0.2, 0.25) is 0 Å². The fraction of sp³-hybridized carbons (Fsp3) is 0.458. The summed E-state index contributed by atoms with van der Waals surface area (Å²) in [7, 11) is 1.63. The fourth-order valence-corrected chi connectivity index (χ4v) is 5.05. The molecule has 2 heterocycles. The van der Waals surface area contributed by atoms with E-state index >= 15 is 0 Å². The Kier molecular flexibility index (Phi) is 7.59. The van der Waals surface area contributed by atoms with E-state index in [9.17, 15) is 4.79 Å². The number of aromatic nitrogens is 5. The van der Waals surface area contributed by atoms with Crippen LogP contribution in [0.4, 0.5) is 0 Å². The van der Waals surface area contributed by atoms with Crippen LogP contribution in [0.3, 0.4) is 0 Å². The number of nitrogens with zero attached hydrogens (tertiary/aromatic N) is 5. The highest BCUT2D eigenvalue weighted by Gasteiger charge is 2.24. The minimum Gasteiger partial charge on any atom is -0.497 e. The first-order valence-electron chi connectivity index (χ1n) is 11.4. The maximum absolute atomic E-state index is 13.2. The minimum atomic E-state index is -0.168. The van der Waals surface area contributed by atoms with Crippen LogP contribution >= 0.6 is 11.8 Å². The van der Waals surface area contributed by atoms with Gasteiger partial charge in [-0.25, -0.2) is 14.6 Å². The van der Waals surface area contributed by atoms with Crippen molar-refractivity contribution in [3.63, 3.8) is 0 Å². The smallest absolute Gasteiger partial charge is 0.274 e. The predicted octanol–water partition coefficient (Wildman–Crippen LogP) is 4.43. The zero-order valence-electron chi connectivity index (χ0n) is 19.4. The summed E-state index contributed by atoms with van der Waals surface area (Å²) in [5, 5.41) is 12.5. The van der Waals surface area contributed by atoms with Crippen molar-refractivity contribution >= 4 is 17.7 Å². The Labute approximate surface area is 198 Å². The molecular weight excluding hydrogens is 436 g/mol. The van der Waals surface area contributed by atoms with E-state index in [0.29, 0.717) is 16.6 Å². The number of hydrogen-bond donors (Lipinski definition) is 1. The van der Waals surface area contributed by atoms with Gasteiger partial charge in [0.05, 0.1) is 18.5 Å². The number of methoxy groups -OCH3 is 1. The van der Waals surface area contributed by atoms with Gasteiger partial charge in [-0.3, -0.25) is 4.79 Å². The van der Waals surface area contributed by atoms with E-state index < -0.39 is 0 Å². The van der Waals surface area contributed by atoms with Gasteiger partial charge in [0.1, 0.15) is 5.75 Å². The van der Waals surface area contributed by atoms with E-state index in [2.05, 4.69) is 25.6 Å². The molecule has 8 nitrogen and oxygen atoms in total. The Morgan fingerprint density at radius 2 is 1.76 bits per heavy atom. The summed E-state index contributed by atoms with van der Waals surface area (Å²) in [6.07, 6.45) is 6.79. The van der Waals surface area contributed by atoms with Crippen molar-refractivity contribution in [1.29, 1.82) is 0 Å². The third kappa shape index (κ3) is 5.90. The number of nitrogens with one attached hydrogen (secondary N) is 1. The molecule has 0 spiro atoms. The highest BCUT2D eigenvalue weighted by Crippen LogP contribution is 2.25. The minimum absolute atomic E-state index is 0.168. The maximum atomic E-state index is 13.2. The van der Waals surface area contributed by atoms with E-state index in [-0.39, 0.29) is 11.9 Å². The third-order valence-electron chi connectivity index (χ3n) is 5.79. The summed E-state index contributed by atoms with van der Waals surface area (Å²) in [6.45, 7) is 3.90. The SMILES string of the molecule is COc1ccc(-n2nnc(C(=O)NC3CCCCCC3)c2CSc2nc(C)cc(C)n2)cc1. The molecule has 1 fully saturated rings. The zero-order chi connectivity index (χ0) is 23.2. The molecule has 1 saturated carbocycles. The zero-order valence-corrected chi connectivity index (χ0v) is 20.2. The van der Waals surface area contributed by atoms with Gasteiger partial charge in [-0.15, -0.1) is 5.10 Å². The lowest BCUT2D eigenvalue weighted by molar-refractivity contribution is 0.0927. The van der Waals surface area contributed by atoms with Crippen molar-refractivity contribution in [3.8, 4) is 11.4 Å². The Morgan fingerprint density at radius 1 is 1.09 bits per heavy atom. The third-order valence-corrected chi connectivity index (χ3v) is 6.64. The van der Waals surface area contributed by atoms with Gasteiger partial charge in [-0.2, -0.15) is 0 Å². The molecule has 0 bridgehead atoms. The molecule has 1 aliphatic rings. The summed E-state index contributed by atoms with van der Waals surface area (Å²) in [5.41, 5.74) is 3.72. The van der Waals surface area contributed by atoms with Crippen LogP contribution < -0.4 is 10.1 Å². The van der Waals surface area contributed by atoms with Crippen LogP contribution in [0.2, 0.25) is 0 Å². The number of thioether (sulfide) groups is 1. The molecule has 1 N–H and O–H groups in total. The molecule has 1 amide bonds. The standard InChI is InChI=1S/C24H30N6O2S/c1-16-14-17(2)26-24(25-16)33-15-21-22(23(31)27-18-8-6-4-5-7-9-18)28-29-30(21)19-10-12-20(32-3)13-11-19/h10-14,18H,4-9,15H2,1-3H3,(H,27,31). The van der Waals surface area contributed by atoms with Gasteiger partial charge in [0.25, 0.3) is 5.91 Å². The Morgan fingerprint density at radius 3 is 2.39 bits per heavy atom. The van der Waals surface area contributed by atoms with Crippen LogP contribution in [0.25, 0.3) is 5.69 Å². The van der Waals surface area contributed by atoms with Crippen molar-refractivity contribution in [2.75, 3.05) is 7.11 Å². The average molecular weight is 467 g/mol. The van der Waals surface area contributed by atoms with E-state index in [0.717, 1.165) is 54.2 Å². The first kappa shape index (κ1) is 23.2. The summed E-state index contributed by atoms with van der Waals surface area (Å²) in [6, 6.07) is 9.68. The van der Waals surface area contributed by atoms with Gasteiger partial charge in [0.15, 0.2) is 10.9 Å². The number of rotatable bonds is 7. The number of benzene rings is 1. The first-order valence-corrected chi connectivity index (χ1v) is 12.4.